The lowest BCUT2D eigenvalue weighted by atomic mass is 9.88. The molecule has 186 valence electrons. The van der Waals surface area contributed by atoms with Crippen LogP contribution in [0, 0.1) is 0 Å². The summed E-state index contributed by atoms with van der Waals surface area (Å²) in [5.74, 6) is 0. The first-order valence-electron chi connectivity index (χ1n) is 12.6. The summed E-state index contributed by atoms with van der Waals surface area (Å²) >= 11 is 0. The van der Waals surface area contributed by atoms with Crippen molar-refractivity contribution in [3.63, 3.8) is 0 Å². The van der Waals surface area contributed by atoms with E-state index in [0.717, 1.165) is 68.1 Å². The molecular formula is C31H32N6. The van der Waals surface area contributed by atoms with Crippen molar-refractivity contribution >= 4 is 27.9 Å². The first kappa shape index (κ1) is 24.3. The molecule has 0 aliphatic carbocycles. The normalized spacial score (nSPS) is 16.1. The first-order valence-corrected chi connectivity index (χ1v) is 12.6. The fourth-order valence-corrected chi connectivity index (χ4v) is 4.54. The number of aromatic amines is 1. The highest BCUT2D eigenvalue weighted by molar-refractivity contribution is 6.17. The van der Waals surface area contributed by atoms with E-state index in [1.54, 1.807) is 0 Å². The molecule has 4 aromatic rings. The number of allylic oxidation sites excluding steroid dienone is 4. The summed E-state index contributed by atoms with van der Waals surface area (Å²) < 4.78 is 0. The van der Waals surface area contributed by atoms with Crippen LogP contribution in [0.4, 0.5) is 5.69 Å². The van der Waals surface area contributed by atoms with Gasteiger partial charge >= 0.3 is 0 Å². The van der Waals surface area contributed by atoms with Crippen molar-refractivity contribution in [2.24, 2.45) is 5.10 Å². The molecule has 0 saturated carbocycles. The molecule has 37 heavy (non-hydrogen) atoms. The van der Waals surface area contributed by atoms with E-state index in [2.05, 4.69) is 95.5 Å². The van der Waals surface area contributed by atoms with Gasteiger partial charge in [-0.3, -0.25) is 15.4 Å². The average molecular weight is 489 g/mol. The monoisotopic (exact) mass is 488 g/mol. The second kappa shape index (κ2) is 9.90. The van der Waals surface area contributed by atoms with Crippen LogP contribution in [0.15, 0.2) is 102 Å². The van der Waals surface area contributed by atoms with E-state index >= 15 is 0 Å². The third-order valence-electron chi connectivity index (χ3n) is 6.67. The number of hydrazone groups is 1. The molecule has 0 atom stereocenters. The number of aromatic nitrogens is 3. The summed E-state index contributed by atoms with van der Waals surface area (Å²) in [6.45, 7) is 12.5. The van der Waals surface area contributed by atoms with E-state index in [9.17, 15) is 0 Å². The second-order valence-electron chi connectivity index (χ2n) is 9.71. The summed E-state index contributed by atoms with van der Waals surface area (Å²) in [7, 11) is 0. The van der Waals surface area contributed by atoms with E-state index < -0.39 is 0 Å². The predicted octanol–water partition coefficient (Wildman–Crippen LogP) is 7.08. The molecule has 6 nitrogen and oxygen atoms in total. The average Bonchev–Trinajstić information content (AvgIpc) is 3.47. The number of hydrogen-bond donors (Lipinski definition) is 3. The van der Waals surface area contributed by atoms with Crippen LogP contribution in [-0.4, -0.2) is 26.2 Å². The van der Waals surface area contributed by atoms with Crippen LogP contribution in [0.2, 0.25) is 0 Å². The van der Waals surface area contributed by atoms with Gasteiger partial charge in [0, 0.05) is 45.7 Å². The molecule has 0 spiro atoms. The fraction of sp³-hybridized carbons (Fsp3) is 0.194. The van der Waals surface area contributed by atoms with Crippen LogP contribution in [0.3, 0.4) is 0 Å². The maximum atomic E-state index is 4.77. The Hall–Kier alpha value is -4.45. The Morgan fingerprint density at radius 3 is 2.73 bits per heavy atom. The number of fused-ring (bicyclic) bond motifs is 1. The van der Waals surface area contributed by atoms with Gasteiger partial charge in [0.2, 0.25) is 0 Å². The zero-order valence-electron chi connectivity index (χ0n) is 21.8. The SMILES string of the molecule is C=C(CC)Nc1cncc(C(=C/C)/C=C2/C(c3cc4c(-c5ccccn5)cccc4[nH]3)=NNC2(C)C)c1. The second-order valence-corrected chi connectivity index (χ2v) is 9.71. The maximum absolute atomic E-state index is 4.77. The number of nitrogens with zero attached hydrogens (tertiary/aromatic N) is 3. The quantitative estimate of drug-likeness (QED) is 0.260. The Balaban J connectivity index is 1.55. The van der Waals surface area contributed by atoms with Crippen LogP contribution in [0.25, 0.3) is 27.7 Å². The Morgan fingerprint density at radius 2 is 1.97 bits per heavy atom. The van der Waals surface area contributed by atoms with Gasteiger partial charge in [-0.25, -0.2) is 0 Å². The number of benzene rings is 1. The molecular weight excluding hydrogens is 456 g/mol. The largest absolute Gasteiger partial charge is 0.358 e. The topological polar surface area (TPSA) is 78.0 Å². The molecule has 1 aliphatic rings. The fourth-order valence-electron chi connectivity index (χ4n) is 4.54. The molecule has 0 fully saturated rings. The van der Waals surface area contributed by atoms with Crippen molar-refractivity contribution in [1.29, 1.82) is 0 Å². The highest BCUT2D eigenvalue weighted by atomic mass is 15.4. The Morgan fingerprint density at radius 1 is 1.11 bits per heavy atom. The van der Waals surface area contributed by atoms with Crippen LogP contribution in [0.1, 0.15) is 45.4 Å². The van der Waals surface area contributed by atoms with Gasteiger partial charge in [0.1, 0.15) is 5.71 Å². The van der Waals surface area contributed by atoms with Gasteiger partial charge in [0.15, 0.2) is 0 Å². The third-order valence-corrected chi connectivity index (χ3v) is 6.67. The van der Waals surface area contributed by atoms with Gasteiger partial charge in [0.25, 0.3) is 0 Å². The smallest absolute Gasteiger partial charge is 0.112 e. The summed E-state index contributed by atoms with van der Waals surface area (Å²) in [5, 5.41) is 9.23. The van der Waals surface area contributed by atoms with Crippen LogP contribution >= 0.6 is 0 Å². The summed E-state index contributed by atoms with van der Waals surface area (Å²) in [6, 6.07) is 16.5. The van der Waals surface area contributed by atoms with Gasteiger partial charge < -0.3 is 10.3 Å². The summed E-state index contributed by atoms with van der Waals surface area (Å²) in [4.78, 5) is 12.6. The molecule has 3 aromatic heterocycles. The molecule has 1 aromatic carbocycles. The van der Waals surface area contributed by atoms with Crippen LogP contribution in [-0.2, 0) is 0 Å². The lowest BCUT2D eigenvalue weighted by molar-refractivity contribution is 0.506. The minimum absolute atomic E-state index is 0.343. The molecule has 0 amide bonds. The highest BCUT2D eigenvalue weighted by Crippen LogP contribution is 2.33. The van der Waals surface area contributed by atoms with Gasteiger partial charge in [-0.05, 0) is 69.2 Å². The molecule has 0 saturated heterocycles. The zero-order valence-corrected chi connectivity index (χ0v) is 21.8. The number of anilines is 1. The molecule has 0 unspecified atom stereocenters. The number of nitrogens with one attached hydrogen (secondary N) is 3. The molecule has 0 radical (unpaired) electrons. The van der Waals surface area contributed by atoms with Crippen LogP contribution in [0.5, 0.6) is 0 Å². The van der Waals surface area contributed by atoms with E-state index in [0.29, 0.717) is 0 Å². The first-order chi connectivity index (χ1) is 17.9. The minimum atomic E-state index is -0.343. The van der Waals surface area contributed by atoms with Gasteiger partial charge in [-0.2, -0.15) is 5.10 Å². The van der Waals surface area contributed by atoms with Gasteiger partial charge in [-0.1, -0.05) is 37.8 Å². The standard InChI is InChI=1S/C31H32N6/c1-6-20(3)34-23-15-22(18-32-19-23)21(7-2)16-26-30(36-37-31(26,4)5)29-17-25-24(11-10-13-28(25)35-29)27-12-8-9-14-33-27/h7-19,34-35,37H,3,6H2,1-2,4-5H3/b21-7+,26-16-. The van der Waals surface area contributed by atoms with Crippen molar-refractivity contribution in [2.45, 2.75) is 39.7 Å². The Bertz CT molecular complexity index is 1550. The maximum Gasteiger partial charge on any atom is 0.112 e. The summed E-state index contributed by atoms with van der Waals surface area (Å²) in [5.41, 5.74) is 13.0. The van der Waals surface area contributed by atoms with E-state index in [4.69, 9.17) is 5.10 Å². The number of hydrogen-bond acceptors (Lipinski definition) is 5. The van der Waals surface area contributed by atoms with Gasteiger partial charge in [0.05, 0.1) is 28.8 Å². The molecule has 0 bridgehead atoms. The predicted molar refractivity (Wildman–Crippen MR) is 154 cm³/mol. The molecule has 5 rings (SSSR count). The Kier molecular flexibility index (Phi) is 6.49. The van der Waals surface area contributed by atoms with E-state index in [1.165, 1.54) is 0 Å². The van der Waals surface area contributed by atoms with Crippen molar-refractivity contribution in [3.05, 3.63) is 108 Å². The van der Waals surface area contributed by atoms with E-state index in [1.807, 2.05) is 43.7 Å². The molecule has 3 N–H and O–H groups in total. The van der Waals surface area contributed by atoms with Crippen molar-refractivity contribution < 1.29 is 0 Å². The van der Waals surface area contributed by atoms with Crippen LogP contribution < -0.4 is 10.7 Å². The summed E-state index contributed by atoms with van der Waals surface area (Å²) in [6.07, 6.45) is 10.7. The van der Waals surface area contributed by atoms with Crippen molar-refractivity contribution in [1.82, 2.24) is 20.4 Å². The minimum Gasteiger partial charge on any atom is -0.358 e. The highest BCUT2D eigenvalue weighted by Gasteiger charge is 2.34. The van der Waals surface area contributed by atoms with Gasteiger partial charge in [-0.15, -0.1) is 0 Å². The zero-order chi connectivity index (χ0) is 26.0. The molecule has 1 aliphatic heterocycles. The Labute approximate surface area is 218 Å². The molecule has 6 heteroatoms. The van der Waals surface area contributed by atoms with Crippen molar-refractivity contribution in [3.8, 4) is 11.3 Å². The lowest BCUT2D eigenvalue weighted by Crippen LogP contribution is -2.33. The number of H-pyrrole nitrogens is 1. The lowest BCUT2D eigenvalue weighted by Gasteiger charge is -2.21. The third kappa shape index (κ3) is 4.83. The van der Waals surface area contributed by atoms with E-state index in [-0.39, 0.29) is 5.54 Å². The number of rotatable bonds is 7. The number of pyridine rings is 2. The molecule has 4 heterocycles. The van der Waals surface area contributed by atoms with Crippen molar-refractivity contribution in [2.75, 3.05) is 5.32 Å².